The molecule has 1 aromatic heterocycles. The molecule has 0 atom stereocenters. The maximum absolute atomic E-state index is 11.7. The fraction of sp³-hybridized carbons (Fsp3) is 0.0667. The molecule has 0 fully saturated rings. The van der Waals surface area contributed by atoms with Crippen LogP contribution in [0.3, 0.4) is 0 Å². The van der Waals surface area contributed by atoms with Gasteiger partial charge >= 0.3 is 5.97 Å². The lowest BCUT2D eigenvalue weighted by molar-refractivity contribution is -0.119. The zero-order chi connectivity index (χ0) is 17.7. The number of carbonyl (C=O) groups is 3. The van der Waals surface area contributed by atoms with Crippen molar-refractivity contribution < 1.29 is 24.2 Å². The molecule has 2 amide bonds. The topological polar surface area (TPSA) is 152 Å². The third-order valence-electron chi connectivity index (χ3n) is 2.85. The molecule has 0 aliphatic carbocycles. The number of nitrogens with two attached hydrogens (primary N) is 1. The number of rotatable bonds is 5. The molecule has 0 radical (unpaired) electrons. The Morgan fingerprint density at radius 2 is 1.79 bits per heavy atom. The van der Waals surface area contributed by atoms with Crippen molar-refractivity contribution in [3.8, 4) is 5.88 Å². The minimum atomic E-state index is -0.935. The first-order valence-electron chi connectivity index (χ1n) is 6.65. The van der Waals surface area contributed by atoms with Crippen molar-refractivity contribution >= 4 is 23.5 Å². The number of aromatic hydroxyl groups is 1. The number of hydrogen-bond acceptors (Lipinski definition) is 6. The van der Waals surface area contributed by atoms with E-state index in [9.17, 15) is 24.3 Å². The maximum atomic E-state index is 11.7. The summed E-state index contributed by atoms with van der Waals surface area (Å²) in [5.74, 6) is -2.64. The third-order valence-corrected chi connectivity index (χ3v) is 2.85. The number of carbonyl (C=O) groups excluding carboxylic acids is 3. The number of anilines is 1. The van der Waals surface area contributed by atoms with Crippen LogP contribution >= 0.6 is 0 Å². The van der Waals surface area contributed by atoms with Crippen LogP contribution in [0.25, 0.3) is 0 Å². The molecule has 124 valence electrons. The van der Waals surface area contributed by atoms with Gasteiger partial charge in [-0.2, -0.15) is 0 Å². The van der Waals surface area contributed by atoms with Gasteiger partial charge in [-0.25, -0.2) is 4.79 Å². The maximum Gasteiger partial charge on any atom is 0.339 e. The van der Waals surface area contributed by atoms with E-state index >= 15 is 0 Å². The monoisotopic (exact) mass is 331 g/mol. The molecule has 9 nitrogen and oxygen atoms in total. The van der Waals surface area contributed by atoms with Crippen molar-refractivity contribution in [3.05, 3.63) is 57.9 Å². The van der Waals surface area contributed by atoms with Crippen molar-refractivity contribution in [2.75, 3.05) is 11.9 Å². The van der Waals surface area contributed by atoms with Crippen LogP contribution in [0.5, 0.6) is 5.88 Å². The Bertz CT molecular complexity index is 841. The largest absolute Gasteiger partial charge is 0.494 e. The quantitative estimate of drug-likeness (QED) is 0.565. The molecule has 0 aliphatic heterocycles. The molecule has 1 heterocycles. The predicted octanol–water partition coefficient (Wildman–Crippen LogP) is -0.0251. The molecular formula is C15H13N3O6. The second kappa shape index (κ2) is 7.09. The summed E-state index contributed by atoms with van der Waals surface area (Å²) in [6.07, 6.45) is 0. The van der Waals surface area contributed by atoms with Crippen LogP contribution in [0.15, 0.2) is 41.2 Å². The van der Waals surface area contributed by atoms with Crippen LogP contribution in [0.4, 0.5) is 5.69 Å². The lowest BCUT2D eigenvalue weighted by Gasteiger charge is -2.07. The van der Waals surface area contributed by atoms with Crippen molar-refractivity contribution in [1.82, 2.24) is 4.98 Å². The number of aromatic nitrogens is 1. The second-order valence-electron chi connectivity index (χ2n) is 4.68. The highest BCUT2D eigenvalue weighted by molar-refractivity contribution is 5.96. The number of H-pyrrole nitrogens is 1. The molecule has 0 bridgehead atoms. The van der Waals surface area contributed by atoms with Crippen LogP contribution in [0.2, 0.25) is 0 Å². The molecule has 0 saturated heterocycles. The molecule has 0 spiro atoms. The van der Waals surface area contributed by atoms with E-state index in [0.717, 1.165) is 12.1 Å². The third kappa shape index (κ3) is 4.44. The molecule has 9 heteroatoms. The van der Waals surface area contributed by atoms with E-state index in [-0.39, 0.29) is 11.1 Å². The number of benzene rings is 1. The number of aromatic amines is 1. The Kier molecular flexibility index (Phi) is 4.95. The van der Waals surface area contributed by atoms with Crippen LogP contribution in [-0.2, 0) is 9.53 Å². The lowest BCUT2D eigenvalue weighted by atomic mass is 10.2. The summed E-state index contributed by atoms with van der Waals surface area (Å²) >= 11 is 0. The number of hydrogen-bond donors (Lipinski definition) is 4. The van der Waals surface area contributed by atoms with Crippen LogP contribution < -0.4 is 16.6 Å². The molecule has 0 saturated carbocycles. The molecule has 24 heavy (non-hydrogen) atoms. The van der Waals surface area contributed by atoms with Crippen molar-refractivity contribution in [3.63, 3.8) is 0 Å². The normalized spacial score (nSPS) is 10.0. The summed E-state index contributed by atoms with van der Waals surface area (Å²) < 4.78 is 4.75. The van der Waals surface area contributed by atoms with E-state index in [1.165, 1.54) is 24.3 Å². The van der Waals surface area contributed by atoms with Gasteiger partial charge in [0.1, 0.15) is 0 Å². The molecule has 0 unspecified atom stereocenters. The second-order valence-corrected chi connectivity index (χ2v) is 4.68. The fourth-order valence-corrected chi connectivity index (χ4v) is 1.78. The highest BCUT2D eigenvalue weighted by Gasteiger charge is 2.12. The first-order valence-corrected chi connectivity index (χ1v) is 6.65. The van der Waals surface area contributed by atoms with Crippen LogP contribution in [0.1, 0.15) is 20.7 Å². The van der Waals surface area contributed by atoms with Gasteiger partial charge < -0.3 is 20.9 Å². The van der Waals surface area contributed by atoms with Crippen LogP contribution in [0, 0.1) is 0 Å². The number of nitrogens with one attached hydrogen (secondary N) is 2. The van der Waals surface area contributed by atoms with Crippen molar-refractivity contribution in [1.29, 1.82) is 0 Å². The Labute approximate surface area is 135 Å². The first-order chi connectivity index (χ1) is 11.3. The van der Waals surface area contributed by atoms with Gasteiger partial charge in [0.15, 0.2) is 12.5 Å². The fourth-order valence-electron chi connectivity index (χ4n) is 1.78. The van der Waals surface area contributed by atoms with Gasteiger partial charge in [0.25, 0.3) is 11.5 Å². The zero-order valence-electron chi connectivity index (χ0n) is 12.2. The Morgan fingerprint density at radius 1 is 1.12 bits per heavy atom. The number of primary amides is 1. The summed E-state index contributed by atoms with van der Waals surface area (Å²) in [4.78, 5) is 47.5. The van der Waals surface area contributed by atoms with Gasteiger partial charge in [-0.05, 0) is 24.3 Å². The standard InChI is InChI=1S/C15H13N3O6/c16-14(22)8-1-3-10(4-2-8)17-13(21)7-24-15(23)9-5-11(19)18-12(20)6-9/h1-6H,7H2,(H2,16,22)(H,17,21)(H2,18,19,20). The zero-order valence-corrected chi connectivity index (χ0v) is 12.2. The van der Waals surface area contributed by atoms with E-state index in [1.54, 1.807) is 0 Å². The van der Waals surface area contributed by atoms with Gasteiger partial charge in [0, 0.05) is 23.4 Å². The molecular weight excluding hydrogens is 318 g/mol. The minimum absolute atomic E-state index is 0.185. The minimum Gasteiger partial charge on any atom is -0.494 e. The molecule has 0 aliphatic rings. The Morgan fingerprint density at radius 3 is 2.38 bits per heavy atom. The highest BCUT2D eigenvalue weighted by Crippen LogP contribution is 2.09. The van der Waals surface area contributed by atoms with Crippen LogP contribution in [-0.4, -0.2) is 34.5 Å². The number of ether oxygens (including phenoxy) is 1. The van der Waals surface area contributed by atoms with Gasteiger partial charge in [-0.1, -0.05) is 0 Å². The van der Waals surface area contributed by atoms with Gasteiger partial charge in [0.05, 0.1) is 5.56 Å². The average molecular weight is 331 g/mol. The first kappa shape index (κ1) is 16.7. The van der Waals surface area contributed by atoms with Crippen molar-refractivity contribution in [2.24, 2.45) is 5.73 Å². The van der Waals surface area contributed by atoms with E-state index in [0.29, 0.717) is 5.69 Å². The smallest absolute Gasteiger partial charge is 0.339 e. The van der Waals surface area contributed by atoms with Gasteiger partial charge in [0.2, 0.25) is 5.91 Å². The average Bonchev–Trinajstić information content (AvgIpc) is 2.52. The van der Waals surface area contributed by atoms with E-state index in [4.69, 9.17) is 10.5 Å². The number of pyridine rings is 1. The molecule has 2 rings (SSSR count). The Balaban J connectivity index is 1.91. The van der Waals surface area contributed by atoms with Gasteiger partial charge in [-0.3, -0.25) is 19.4 Å². The number of esters is 1. The van der Waals surface area contributed by atoms with Gasteiger partial charge in [-0.15, -0.1) is 0 Å². The van der Waals surface area contributed by atoms with E-state index < -0.39 is 35.8 Å². The summed E-state index contributed by atoms with van der Waals surface area (Å²) in [7, 11) is 0. The Hall–Kier alpha value is -3.62. The van der Waals surface area contributed by atoms with E-state index in [1.807, 2.05) is 0 Å². The molecule has 5 N–H and O–H groups in total. The SMILES string of the molecule is NC(=O)c1ccc(NC(=O)COC(=O)c2cc(O)[nH]c(=O)c2)cc1. The lowest BCUT2D eigenvalue weighted by Crippen LogP contribution is -2.21. The predicted molar refractivity (Wildman–Crippen MR) is 82.6 cm³/mol. The molecule has 2 aromatic rings. The number of amides is 2. The summed E-state index contributed by atoms with van der Waals surface area (Å²) in [5, 5.41) is 11.7. The summed E-state index contributed by atoms with van der Waals surface area (Å²) in [6.45, 7) is -0.593. The summed E-state index contributed by atoms with van der Waals surface area (Å²) in [6, 6.07) is 7.74. The van der Waals surface area contributed by atoms with E-state index in [2.05, 4.69) is 10.3 Å². The molecule has 1 aromatic carbocycles. The summed E-state index contributed by atoms with van der Waals surface area (Å²) in [5.41, 5.74) is 4.90. The highest BCUT2D eigenvalue weighted by atomic mass is 16.5. The van der Waals surface area contributed by atoms with Crippen molar-refractivity contribution in [2.45, 2.75) is 0 Å².